The number of hydrogen-bond acceptors (Lipinski definition) is 4. The summed E-state index contributed by atoms with van der Waals surface area (Å²) in [7, 11) is 1.08. The Morgan fingerprint density at radius 1 is 1.33 bits per heavy atom. The Balaban J connectivity index is 2.79. The van der Waals surface area contributed by atoms with Crippen molar-refractivity contribution in [2.24, 2.45) is 0 Å². The topological polar surface area (TPSA) is 77.8 Å². The van der Waals surface area contributed by atoms with Crippen molar-refractivity contribution in [3.05, 3.63) is 35.4 Å². The standard InChI is InChI=1S/C13H17NO4/c1-3-9-6-4-5-7-10(9)11(15)8-12(16)13(17)14(2)18/h4-7,11,15,18H,3,8H2,1-2H3. The van der Waals surface area contributed by atoms with Gasteiger partial charge in [-0.25, -0.2) is 5.06 Å². The molecule has 18 heavy (non-hydrogen) atoms. The second kappa shape index (κ2) is 6.28. The van der Waals surface area contributed by atoms with Crippen molar-refractivity contribution < 1.29 is 19.9 Å². The number of Topliss-reactive ketones (excluding diaryl/α,β-unsaturated/α-hetero) is 1. The lowest BCUT2D eigenvalue weighted by atomic mass is 9.97. The molecule has 1 amide bonds. The molecule has 1 atom stereocenters. The predicted octanol–water partition coefficient (Wildman–Crippen LogP) is 1.09. The number of aliphatic hydroxyl groups is 1. The normalized spacial score (nSPS) is 12.0. The maximum absolute atomic E-state index is 11.5. The maximum atomic E-state index is 11.5. The van der Waals surface area contributed by atoms with Crippen LogP contribution in [-0.4, -0.2) is 34.1 Å². The highest BCUT2D eigenvalue weighted by Gasteiger charge is 2.22. The summed E-state index contributed by atoms with van der Waals surface area (Å²) >= 11 is 0. The first-order valence-electron chi connectivity index (χ1n) is 5.73. The molecule has 1 unspecified atom stereocenters. The second-order valence-corrected chi connectivity index (χ2v) is 4.02. The second-order valence-electron chi connectivity index (χ2n) is 4.02. The minimum absolute atomic E-state index is 0.223. The van der Waals surface area contributed by atoms with Gasteiger partial charge in [-0.05, 0) is 17.5 Å². The smallest absolute Gasteiger partial charge is 0.313 e. The van der Waals surface area contributed by atoms with E-state index in [1.54, 1.807) is 12.1 Å². The summed E-state index contributed by atoms with van der Waals surface area (Å²) in [5.74, 6) is -1.85. The van der Waals surface area contributed by atoms with E-state index < -0.39 is 17.8 Å². The van der Waals surface area contributed by atoms with Gasteiger partial charge in [0.25, 0.3) is 0 Å². The van der Waals surface area contributed by atoms with Gasteiger partial charge in [0.15, 0.2) is 0 Å². The van der Waals surface area contributed by atoms with Crippen LogP contribution in [0.5, 0.6) is 0 Å². The van der Waals surface area contributed by atoms with E-state index in [0.717, 1.165) is 19.0 Å². The average molecular weight is 251 g/mol. The highest BCUT2D eigenvalue weighted by Crippen LogP contribution is 2.21. The van der Waals surface area contributed by atoms with Crippen molar-refractivity contribution in [2.75, 3.05) is 7.05 Å². The molecule has 0 heterocycles. The van der Waals surface area contributed by atoms with E-state index in [0.29, 0.717) is 5.56 Å². The zero-order valence-corrected chi connectivity index (χ0v) is 10.5. The molecule has 5 heteroatoms. The first kappa shape index (κ1) is 14.3. The summed E-state index contributed by atoms with van der Waals surface area (Å²) in [6.45, 7) is 1.94. The average Bonchev–Trinajstić information content (AvgIpc) is 2.37. The largest absolute Gasteiger partial charge is 0.388 e. The van der Waals surface area contributed by atoms with Crippen LogP contribution < -0.4 is 0 Å². The summed E-state index contributed by atoms with van der Waals surface area (Å²) < 4.78 is 0. The van der Waals surface area contributed by atoms with E-state index in [-0.39, 0.29) is 11.5 Å². The first-order chi connectivity index (χ1) is 8.47. The summed E-state index contributed by atoms with van der Waals surface area (Å²) in [6.07, 6.45) is -0.631. The van der Waals surface area contributed by atoms with Crippen molar-refractivity contribution in [1.82, 2.24) is 5.06 Å². The summed E-state index contributed by atoms with van der Waals surface area (Å²) in [4.78, 5) is 22.6. The Labute approximate surface area is 106 Å². The van der Waals surface area contributed by atoms with Gasteiger partial charge in [-0.3, -0.25) is 14.8 Å². The Morgan fingerprint density at radius 3 is 2.50 bits per heavy atom. The number of benzene rings is 1. The zero-order valence-electron chi connectivity index (χ0n) is 10.5. The molecule has 0 saturated heterocycles. The zero-order chi connectivity index (χ0) is 13.7. The number of rotatable bonds is 5. The monoisotopic (exact) mass is 251 g/mol. The number of carbonyl (C=O) groups is 2. The molecule has 0 saturated carbocycles. The van der Waals surface area contributed by atoms with E-state index >= 15 is 0 Å². The van der Waals surface area contributed by atoms with Crippen molar-refractivity contribution in [3.63, 3.8) is 0 Å². The number of likely N-dealkylation sites (N-methyl/N-ethyl adjacent to an activating group) is 1. The van der Waals surface area contributed by atoms with Crippen molar-refractivity contribution in [3.8, 4) is 0 Å². The Hall–Kier alpha value is -1.72. The number of aliphatic hydroxyl groups excluding tert-OH is 1. The van der Waals surface area contributed by atoms with Gasteiger partial charge in [0.2, 0.25) is 5.78 Å². The fraction of sp³-hybridized carbons (Fsp3) is 0.385. The number of hydroxylamine groups is 2. The molecule has 0 aliphatic rings. The number of carbonyl (C=O) groups excluding carboxylic acids is 2. The molecular formula is C13H17NO4. The SMILES string of the molecule is CCc1ccccc1C(O)CC(=O)C(=O)N(C)O. The van der Waals surface area contributed by atoms with E-state index in [2.05, 4.69) is 0 Å². The number of aryl methyl sites for hydroxylation is 1. The molecule has 1 aromatic rings. The molecule has 2 N–H and O–H groups in total. The molecule has 1 aromatic carbocycles. The third kappa shape index (κ3) is 3.38. The number of hydrogen-bond donors (Lipinski definition) is 2. The van der Waals surface area contributed by atoms with Crippen molar-refractivity contribution in [1.29, 1.82) is 0 Å². The van der Waals surface area contributed by atoms with E-state index in [1.165, 1.54) is 0 Å². The van der Waals surface area contributed by atoms with Crippen molar-refractivity contribution >= 4 is 11.7 Å². The highest BCUT2D eigenvalue weighted by molar-refractivity contribution is 6.35. The molecular weight excluding hydrogens is 234 g/mol. The molecule has 0 radical (unpaired) electrons. The van der Waals surface area contributed by atoms with Gasteiger partial charge in [-0.1, -0.05) is 31.2 Å². The lowest BCUT2D eigenvalue weighted by molar-refractivity contribution is -0.166. The molecule has 0 aromatic heterocycles. The van der Waals surface area contributed by atoms with Crippen LogP contribution in [-0.2, 0) is 16.0 Å². The molecule has 5 nitrogen and oxygen atoms in total. The summed E-state index contributed by atoms with van der Waals surface area (Å²) in [6, 6.07) is 7.21. The van der Waals surface area contributed by atoms with Crippen LogP contribution in [0.1, 0.15) is 30.6 Å². The minimum Gasteiger partial charge on any atom is -0.388 e. The third-order valence-corrected chi connectivity index (χ3v) is 2.71. The Kier molecular flexibility index (Phi) is 5.00. The molecule has 0 bridgehead atoms. The van der Waals surface area contributed by atoms with Gasteiger partial charge in [-0.15, -0.1) is 0 Å². The number of nitrogens with zero attached hydrogens (tertiary/aromatic N) is 1. The minimum atomic E-state index is -1.03. The van der Waals surface area contributed by atoms with Gasteiger partial charge in [0.05, 0.1) is 6.10 Å². The summed E-state index contributed by atoms with van der Waals surface area (Å²) in [5, 5.41) is 19.0. The van der Waals surface area contributed by atoms with E-state index in [9.17, 15) is 14.7 Å². The molecule has 0 fully saturated rings. The Bertz CT molecular complexity index is 442. The third-order valence-electron chi connectivity index (χ3n) is 2.71. The number of ketones is 1. The fourth-order valence-corrected chi connectivity index (χ4v) is 1.73. The quantitative estimate of drug-likeness (QED) is 0.466. The number of amides is 1. The maximum Gasteiger partial charge on any atom is 0.313 e. The molecule has 1 rings (SSSR count). The van der Waals surface area contributed by atoms with Gasteiger partial charge in [0.1, 0.15) is 0 Å². The highest BCUT2D eigenvalue weighted by atomic mass is 16.5. The fourth-order valence-electron chi connectivity index (χ4n) is 1.73. The van der Waals surface area contributed by atoms with E-state index in [4.69, 9.17) is 5.21 Å². The van der Waals surface area contributed by atoms with Crippen LogP contribution in [0, 0.1) is 0 Å². The lowest BCUT2D eigenvalue weighted by Crippen LogP contribution is -2.31. The van der Waals surface area contributed by atoms with Crippen LogP contribution >= 0.6 is 0 Å². The van der Waals surface area contributed by atoms with E-state index in [1.807, 2.05) is 19.1 Å². The van der Waals surface area contributed by atoms with Gasteiger partial charge in [0, 0.05) is 13.5 Å². The van der Waals surface area contributed by atoms with Gasteiger partial charge >= 0.3 is 5.91 Å². The summed E-state index contributed by atoms with van der Waals surface area (Å²) in [5.41, 5.74) is 1.57. The molecule has 98 valence electrons. The van der Waals surface area contributed by atoms with Crippen LogP contribution in [0.2, 0.25) is 0 Å². The Morgan fingerprint density at radius 2 is 1.94 bits per heavy atom. The predicted molar refractivity (Wildman–Crippen MR) is 65.0 cm³/mol. The van der Waals surface area contributed by atoms with Crippen LogP contribution in [0.3, 0.4) is 0 Å². The van der Waals surface area contributed by atoms with Crippen LogP contribution in [0.25, 0.3) is 0 Å². The molecule has 0 spiro atoms. The van der Waals surface area contributed by atoms with Crippen LogP contribution in [0.4, 0.5) is 0 Å². The van der Waals surface area contributed by atoms with Gasteiger partial charge < -0.3 is 5.11 Å². The van der Waals surface area contributed by atoms with Crippen LogP contribution in [0.15, 0.2) is 24.3 Å². The lowest BCUT2D eigenvalue weighted by Gasteiger charge is -2.14. The van der Waals surface area contributed by atoms with Crippen molar-refractivity contribution in [2.45, 2.75) is 25.9 Å². The first-order valence-corrected chi connectivity index (χ1v) is 5.73. The molecule has 0 aliphatic carbocycles. The molecule has 0 aliphatic heterocycles. The van der Waals surface area contributed by atoms with Gasteiger partial charge in [-0.2, -0.15) is 0 Å².